The van der Waals surface area contributed by atoms with Gasteiger partial charge in [-0.1, -0.05) is 32.0 Å². The van der Waals surface area contributed by atoms with Crippen molar-refractivity contribution in [3.63, 3.8) is 0 Å². The Labute approximate surface area is 350 Å². The number of rotatable bonds is 17. The molecule has 1 aromatic carbocycles. The van der Waals surface area contributed by atoms with E-state index in [9.17, 15) is 34.2 Å². The predicted octanol–water partition coefficient (Wildman–Crippen LogP) is 3.25. The number of aromatic nitrogens is 7. The largest absolute Gasteiger partial charge is 0.394 e. The maximum atomic E-state index is 16.2. The van der Waals surface area contributed by atoms with Gasteiger partial charge < -0.3 is 42.9 Å². The Morgan fingerprint density at radius 1 is 1.13 bits per heavy atom. The van der Waals surface area contributed by atoms with Crippen molar-refractivity contribution in [3.05, 3.63) is 71.2 Å². The summed E-state index contributed by atoms with van der Waals surface area (Å²) in [5.41, 5.74) is -0.295. The Kier molecular flexibility index (Phi) is 13.8. The van der Waals surface area contributed by atoms with Crippen LogP contribution in [0.25, 0.3) is 22.2 Å². The van der Waals surface area contributed by atoms with Crippen molar-refractivity contribution in [1.82, 2.24) is 34.1 Å². The van der Waals surface area contributed by atoms with Gasteiger partial charge in [0.2, 0.25) is 11.9 Å². The molecule has 22 nitrogen and oxygen atoms in total. The molecule has 6 heterocycles. The molecule has 4 aromatic heterocycles. The molecule has 324 valence electrons. The summed E-state index contributed by atoms with van der Waals surface area (Å²) in [4.78, 5) is 67.1. The molecular formula is C35H39FN10O12P2S. The van der Waals surface area contributed by atoms with Crippen molar-refractivity contribution in [2.45, 2.75) is 69.7 Å². The quantitative estimate of drug-likeness (QED) is 0.0661. The van der Waals surface area contributed by atoms with Crippen molar-refractivity contribution in [2.75, 3.05) is 30.5 Å². The van der Waals surface area contributed by atoms with Gasteiger partial charge in [-0.3, -0.25) is 38.3 Å². The number of anilines is 2. The van der Waals surface area contributed by atoms with Crippen molar-refractivity contribution in [1.29, 1.82) is 5.26 Å². The summed E-state index contributed by atoms with van der Waals surface area (Å²) in [7, 11) is -3.78. The van der Waals surface area contributed by atoms with Gasteiger partial charge >= 0.3 is 15.0 Å². The van der Waals surface area contributed by atoms with E-state index in [0.29, 0.717) is 16.6 Å². The molecular weight excluding hydrogens is 865 g/mol. The zero-order valence-electron chi connectivity index (χ0n) is 32.2. The average molecular weight is 905 g/mol. The number of aliphatic hydroxyl groups excluding tert-OH is 1. The Morgan fingerprint density at radius 2 is 1.92 bits per heavy atom. The molecule has 5 N–H and O–H groups in total. The molecule has 9 atom stereocenters. The molecule has 7 rings (SSSR count). The van der Waals surface area contributed by atoms with Crippen LogP contribution >= 0.6 is 15.0 Å². The first-order chi connectivity index (χ1) is 29.3. The highest BCUT2D eigenvalue weighted by Gasteiger charge is 2.50. The first-order valence-electron chi connectivity index (χ1n) is 18.6. The third-order valence-corrected chi connectivity index (χ3v) is 12.4. The number of imidazole rings is 1. The number of fused-ring (bicyclic) bond motifs is 2. The van der Waals surface area contributed by atoms with E-state index >= 15 is 4.39 Å². The van der Waals surface area contributed by atoms with Gasteiger partial charge in [-0.05, 0) is 30.0 Å². The first-order valence-corrected chi connectivity index (χ1v) is 22.5. The van der Waals surface area contributed by atoms with Crippen molar-refractivity contribution >= 4 is 72.6 Å². The fourth-order valence-electron chi connectivity index (χ4n) is 6.58. The normalized spacial score (nSPS) is 24.2. The Bertz CT molecular complexity index is 2580. The lowest BCUT2D eigenvalue weighted by Crippen LogP contribution is -2.32. The third kappa shape index (κ3) is 9.77. The van der Waals surface area contributed by atoms with Gasteiger partial charge in [-0.2, -0.15) is 10.2 Å². The lowest BCUT2D eigenvalue weighted by molar-refractivity contribution is -0.118. The van der Waals surface area contributed by atoms with Gasteiger partial charge in [-0.25, -0.2) is 19.3 Å². The number of aromatic amines is 1. The van der Waals surface area contributed by atoms with Gasteiger partial charge in [0.15, 0.2) is 23.6 Å². The Balaban J connectivity index is 1.09. The van der Waals surface area contributed by atoms with Gasteiger partial charge in [0.25, 0.3) is 11.5 Å². The molecule has 26 heteroatoms. The van der Waals surface area contributed by atoms with Crippen LogP contribution in [0, 0.1) is 17.2 Å². The summed E-state index contributed by atoms with van der Waals surface area (Å²) in [6.07, 6.45) is -5.74. The number of hydrogen-bond acceptors (Lipinski definition) is 17. The van der Waals surface area contributed by atoms with Crippen LogP contribution in [0.5, 0.6) is 0 Å². The molecule has 2 unspecified atom stereocenters. The Hall–Kier alpha value is -4.89. The van der Waals surface area contributed by atoms with E-state index in [4.69, 9.17) is 39.4 Å². The highest BCUT2D eigenvalue weighted by molar-refractivity contribution is 8.07. The number of alkyl halides is 1. The molecule has 2 aliphatic heterocycles. The van der Waals surface area contributed by atoms with Crippen LogP contribution in [0.3, 0.4) is 0 Å². The minimum atomic E-state index is -3.93. The lowest BCUT2D eigenvalue weighted by atomic mass is 10.1. The summed E-state index contributed by atoms with van der Waals surface area (Å²) < 4.78 is 66.1. The standard InChI is InChI=1S/C35H39FN10O12P2S/c1-18(2)31(48)43-35-42-30-26(33(50)44-35)40-17-46(30)34-27(57-59(51)52)25(36)23(56-34)15-54-60(61,53-12-6-10-37)58-21-13-24(55-22(21)14-47)45-11-9-20-28(38-16-39-29(20)45)41-32(49)19-7-4-3-5-8-19/h3-5,7-9,11,16-18,21-25,27,34,47,59H,6,12-15H2,1-2H3,(H,51,52)(H,38,39,41,49)(H2,42,43,44,48,50)/t21-,22+,23+,24+,25+,27+,34+,60?/m0/s1. The average Bonchev–Trinajstić information content (AvgIpc) is 4.02. The van der Waals surface area contributed by atoms with Crippen LogP contribution in [0.2, 0.25) is 0 Å². The SMILES string of the molecule is CC(C)C(=O)Nc1nc2c(ncn2[C@@H]2O[C@H](COP(=S)(OCCC#N)O[C@H]3C[C@H](n4ccc5c(NC(=O)c6ccccc6)ncnc54)O[C@@H]3CO)[C@@H](F)[C@H]2O[PH](=O)O)c(=O)[nH]1. The third-order valence-electron chi connectivity index (χ3n) is 9.55. The van der Waals surface area contributed by atoms with Crippen LogP contribution < -0.4 is 16.2 Å². The molecule has 0 aliphatic carbocycles. The molecule has 0 radical (unpaired) electrons. The van der Waals surface area contributed by atoms with E-state index in [1.54, 1.807) is 61.0 Å². The lowest BCUT2D eigenvalue weighted by Gasteiger charge is -2.27. The second kappa shape index (κ2) is 19.0. The topological polar surface area (TPSA) is 289 Å². The monoisotopic (exact) mass is 904 g/mol. The molecule has 0 spiro atoms. The molecule has 2 fully saturated rings. The van der Waals surface area contributed by atoms with Gasteiger partial charge in [0.1, 0.15) is 42.3 Å². The first kappa shape index (κ1) is 44.2. The zero-order valence-corrected chi connectivity index (χ0v) is 34.9. The predicted molar refractivity (Wildman–Crippen MR) is 215 cm³/mol. The van der Waals surface area contributed by atoms with E-state index in [2.05, 4.69) is 35.6 Å². The van der Waals surface area contributed by atoms with Gasteiger partial charge in [-0.15, -0.1) is 0 Å². The smallest absolute Gasteiger partial charge is 0.327 e. The van der Waals surface area contributed by atoms with Gasteiger partial charge in [0.05, 0.1) is 50.1 Å². The number of halogens is 1. The van der Waals surface area contributed by atoms with Crippen LogP contribution in [0.4, 0.5) is 16.2 Å². The van der Waals surface area contributed by atoms with E-state index in [-0.39, 0.29) is 48.3 Å². The molecule has 0 bridgehead atoms. The van der Waals surface area contributed by atoms with E-state index in [1.807, 2.05) is 6.07 Å². The van der Waals surface area contributed by atoms with E-state index < -0.39 is 88.6 Å². The summed E-state index contributed by atoms with van der Waals surface area (Å²) in [6.45, 7) is -2.12. The van der Waals surface area contributed by atoms with Crippen molar-refractivity contribution in [3.8, 4) is 6.07 Å². The summed E-state index contributed by atoms with van der Waals surface area (Å²) in [5, 5.41) is 25.3. The van der Waals surface area contributed by atoms with Crippen molar-refractivity contribution in [2.24, 2.45) is 5.92 Å². The number of ether oxygens (including phenoxy) is 2. The second-order valence-electron chi connectivity index (χ2n) is 13.9. The summed E-state index contributed by atoms with van der Waals surface area (Å²) in [5.74, 6) is -1.28. The number of nitrogens with one attached hydrogen (secondary N) is 3. The summed E-state index contributed by atoms with van der Waals surface area (Å²) >= 11 is 5.73. The number of benzene rings is 1. The van der Waals surface area contributed by atoms with E-state index in [1.165, 1.54) is 6.33 Å². The highest BCUT2D eigenvalue weighted by atomic mass is 32.5. The number of aliphatic hydroxyl groups is 1. The minimum Gasteiger partial charge on any atom is -0.394 e. The van der Waals surface area contributed by atoms with Crippen LogP contribution in [0.1, 0.15) is 49.5 Å². The summed E-state index contributed by atoms with van der Waals surface area (Å²) in [6, 6.07) is 12.2. The van der Waals surface area contributed by atoms with Crippen LogP contribution in [-0.2, 0) is 48.7 Å². The maximum Gasteiger partial charge on any atom is 0.327 e. The van der Waals surface area contributed by atoms with Crippen LogP contribution in [-0.4, -0.2) is 106 Å². The number of hydrogen-bond donors (Lipinski definition) is 5. The Morgan fingerprint density at radius 3 is 2.64 bits per heavy atom. The number of H-pyrrole nitrogens is 1. The second-order valence-corrected chi connectivity index (χ2v) is 17.6. The van der Waals surface area contributed by atoms with E-state index in [0.717, 1.165) is 10.9 Å². The fourth-order valence-corrected chi connectivity index (χ4v) is 9.19. The minimum absolute atomic E-state index is 0.0714. The highest BCUT2D eigenvalue weighted by Crippen LogP contribution is 2.54. The zero-order chi connectivity index (χ0) is 43.4. The number of nitriles is 1. The molecule has 0 saturated carbocycles. The number of carbonyl (C=O) groups excluding carboxylic acids is 2. The molecule has 2 saturated heterocycles. The fraction of sp³-hybridized carbons (Fsp3) is 0.429. The molecule has 5 aromatic rings. The number of nitrogens with zero attached hydrogens (tertiary/aromatic N) is 7. The van der Waals surface area contributed by atoms with Crippen LogP contribution in [0.15, 0.2) is 60.0 Å². The number of amides is 2. The molecule has 2 aliphatic rings. The van der Waals surface area contributed by atoms with Gasteiger partial charge in [0, 0.05) is 24.1 Å². The van der Waals surface area contributed by atoms with Crippen molar-refractivity contribution < 1.29 is 56.1 Å². The molecule has 61 heavy (non-hydrogen) atoms. The maximum absolute atomic E-state index is 16.2. The number of carbonyl (C=O) groups is 2. The molecule has 2 amide bonds.